The van der Waals surface area contributed by atoms with Crippen LogP contribution in [0.1, 0.15) is 64.2 Å². The van der Waals surface area contributed by atoms with Gasteiger partial charge in [-0.25, -0.2) is 23.2 Å². The van der Waals surface area contributed by atoms with Gasteiger partial charge in [0.2, 0.25) is 27.7 Å². The van der Waals surface area contributed by atoms with Crippen LogP contribution in [-0.2, 0) is 29.1 Å². The number of aromatic nitrogens is 2. The van der Waals surface area contributed by atoms with Gasteiger partial charge in [0, 0.05) is 12.3 Å². The van der Waals surface area contributed by atoms with Gasteiger partial charge in [0.1, 0.15) is 36.0 Å². The number of alkyl halides is 3. The number of nitrogens with zero attached hydrogens (tertiary/aromatic N) is 3. The van der Waals surface area contributed by atoms with Crippen LogP contribution in [0.25, 0.3) is 21.6 Å². The lowest BCUT2D eigenvalue weighted by atomic mass is 10.1. The highest BCUT2D eigenvalue weighted by Crippen LogP contribution is 2.46. The first kappa shape index (κ1) is 39.5. The first-order valence-electron chi connectivity index (χ1n) is 18.5. The summed E-state index contributed by atoms with van der Waals surface area (Å²) in [5.41, 5.74) is 0.00701. The predicted molar refractivity (Wildman–Crippen MR) is 198 cm³/mol. The van der Waals surface area contributed by atoms with Crippen molar-refractivity contribution >= 4 is 56.2 Å². The zero-order chi connectivity index (χ0) is 39.7. The van der Waals surface area contributed by atoms with Crippen LogP contribution in [0.3, 0.4) is 0 Å². The Bertz CT molecular complexity index is 2110. The summed E-state index contributed by atoms with van der Waals surface area (Å²) in [5, 5.41) is 6.39. The van der Waals surface area contributed by atoms with E-state index < -0.39 is 87.9 Å². The van der Waals surface area contributed by atoms with Gasteiger partial charge in [0.25, 0.3) is 5.91 Å². The van der Waals surface area contributed by atoms with E-state index in [1.165, 1.54) is 16.2 Å². The Morgan fingerprint density at radius 3 is 2.52 bits per heavy atom. The average Bonchev–Trinajstić information content (AvgIpc) is 4.01. The van der Waals surface area contributed by atoms with E-state index in [1.54, 1.807) is 18.2 Å². The third kappa shape index (κ3) is 9.09. The summed E-state index contributed by atoms with van der Waals surface area (Å²) < 4.78 is 77.3. The number of hydrogen-bond donors (Lipinski definition) is 3. The number of para-hydroxylation sites is 2. The molecular weight excluding hydrogens is 778 g/mol. The molecule has 56 heavy (non-hydrogen) atoms. The van der Waals surface area contributed by atoms with Crippen molar-refractivity contribution in [2.45, 2.75) is 99.4 Å². The Morgan fingerprint density at radius 2 is 1.80 bits per heavy atom. The summed E-state index contributed by atoms with van der Waals surface area (Å²) in [5.74, 6) is -2.67. The normalized spacial score (nSPS) is 26.5. The Labute approximate surface area is 324 Å². The van der Waals surface area contributed by atoms with Gasteiger partial charge in [-0.15, -0.1) is 11.3 Å². The lowest BCUT2D eigenvalue weighted by molar-refractivity contribution is -0.142. The molecule has 1 unspecified atom stereocenters. The van der Waals surface area contributed by atoms with E-state index in [1.807, 2.05) is 35.7 Å². The van der Waals surface area contributed by atoms with Crippen molar-refractivity contribution in [3.05, 3.63) is 53.9 Å². The number of nitrogens with one attached hydrogen (secondary N) is 3. The van der Waals surface area contributed by atoms with Gasteiger partial charge in [-0.3, -0.25) is 19.1 Å². The number of rotatable bonds is 9. The highest BCUT2D eigenvalue weighted by Gasteiger charge is 2.62. The molecule has 7 rings (SSSR count). The number of carbonyl (C=O) groups excluding carboxylic acids is 4. The van der Waals surface area contributed by atoms with Crippen LogP contribution in [-0.4, -0.2) is 95.4 Å². The predicted octanol–water partition coefficient (Wildman–Crippen LogP) is 4.76. The first-order valence-corrected chi connectivity index (χ1v) is 21.0. The number of allylic oxidation sites excluding steroid dienone is 1. The van der Waals surface area contributed by atoms with Crippen LogP contribution >= 0.6 is 11.3 Å². The smallest absolute Gasteiger partial charge is 0.407 e. The number of fused-ring (bicyclic) bond motifs is 3. The molecule has 4 aliphatic rings. The maximum Gasteiger partial charge on any atom is 0.407 e. The molecule has 3 aromatic rings. The van der Waals surface area contributed by atoms with E-state index in [2.05, 4.69) is 15.4 Å². The molecule has 300 valence electrons. The van der Waals surface area contributed by atoms with Crippen LogP contribution in [0.5, 0.6) is 5.88 Å². The second-order valence-corrected chi connectivity index (χ2v) is 17.4. The van der Waals surface area contributed by atoms with E-state index in [4.69, 9.17) is 19.4 Å². The molecule has 3 N–H and O–H groups in total. The molecule has 4 heterocycles. The Morgan fingerprint density at radius 1 is 1.04 bits per heavy atom. The Balaban J connectivity index is 1.19. The maximum absolute atomic E-state index is 14.4. The fraction of sp³-hybridized carbons (Fsp3) is 0.514. The quantitative estimate of drug-likeness (QED) is 0.255. The fourth-order valence-corrected chi connectivity index (χ4v) is 9.16. The second-order valence-electron chi connectivity index (χ2n) is 14.5. The lowest BCUT2D eigenvalue weighted by Crippen LogP contribution is -2.58. The van der Waals surface area contributed by atoms with Crippen LogP contribution in [0.15, 0.2) is 53.9 Å². The van der Waals surface area contributed by atoms with E-state index in [0.29, 0.717) is 55.3 Å². The molecule has 19 heteroatoms. The topological polar surface area (TPSA) is 186 Å². The van der Waals surface area contributed by atoms with Crippen molar-refractivity contribution in [3.8, 4) is 16.5 Å². The monoisotopic (exact) mass is 818 g/mol. The van der Waals surface area contributed by atoms with Gasteiger partial charge in [-0.1, -0.05) is 43.2 Å². The number of thiophene rings is 1. The lowest BCUT2D eigenvalue weighted by Gasteiger charge is -2.29. The van der Waals surface area contributed by atoms with Gasteiger partial charge < -0.3 is 25.0 Å². The van der Waals surface area contributed by atoms with Gasteiger partial charge in [-0.05, 0) is 62.1 Å². The minimum absolute atomic E-state index is 0.0860. The summed E-state index contributed by atoms with van der Waals surface area (Å²) in [6.45, 7) is -1.12. The Kier molecular flexibility index (Phi) is 11.3. The number of sulfonamides is 1. The van der Waals surface area contributed by atoms with Gasteiger partial charge in [0.15, 0.2) is 0 Å². The molecular formula is C37H41F3N6O8S2. The number of ether oxygens (including phenoxy) is 2. The molecule has 0 bridgehead atoms. The summed E-state index contributed by atoms with van der Waals surface area (Å²) in [4.78, 5) is 66.7. The van der Waals surface area contributed by atoms with Crippen LogP contribution in [0.2, 0.25) is 0 Å². The third-order valence-corrected chi connectivity index (χ3v) is 13.0. The molecule has 2 aromatic heterocycles. The maximum atomic E-state index is 14.4. The summed E-state index contributed by atoms with van der Waals surface area (Å²) >= 11 is 1.41. The molecule has 3 fully saturated rings. The third-order valence-electron chi connectivity index (χ3n) is 10.3. The van der Waals surface area contributed by atoms with Crippen molar-refractivity contribution in [1.29, 1.82) is 0 Å². The van der Waals surface area contributed by atoms with Crippen LogP contribution in [0, 0.1) is 5.92 Å². The molecule has 0 radical (unpaired) electrons. The minimum Gasteiger partial charge on any atom is -0.471 e. The number of benzene rings is 1. The summed E-state index contributed by atoms with van der Waals surface area (Å²) in [6.07, 6.45) is -1.03. The molecule has 5 atom stereocenters. The van der Waals surface area contributed by atoms with Crippen molar-refractivity contribution < 1.29 is 50.2 Å². The van der Waals surface area contributed by atoms with Crippen molar-refractivity contribution in [2.75, 3.05) is 13.2 Å². The van der Waals surface area contributed by atoms with Crippen molar-refractivity contribution in [3.63, 3.8) is 0 Å². The standard InChI is InChI=1S/C37H41F3N6O8S2/c38-37(39,40)16-17-53-35(50)43-27-12-5-3-1-2-4-9-22-20-36(22,34(49)45-56(51,52)24-14-15-24)44-31(47)28-19-23(21-46(28)33(27)48)54-32-30(29-13-8-18-55-29)41-25-10-6-7-11-26(25)42-32/h4,6-11,13,18,22-24,27-28H,1-3,5,12,14-17,19-21H2,(H,43,50)(H,44,47)(H,45,49)/b9-4-/t22?,23-,27+,28+,36-/m1/s1. The van der Waals surface area contributed by atoms with E-state index in [0.717, 1.165) is 4.88 Å². The highest BCUT2D eigenvalue weighted by atomic mass is 32.2. The molecule has 0 spiro atoms. The minimum atomic E-state index is -4.56. The van der Waals surface area contributed by atoms with E-state index in [-0.39, 0.29) is 31.7 Å². The number of amides is 4. The zero-order valence-corrected chi connectivity index (χ0v) is 31.8. The Hall–Kier alpha value is -4.78. The first-order chi connectivity index (χ1) is 26.7. The number of hydrogen-bond acceptors (Lipinski definition) is 11. The summed E-state index contributed by atoms with van der Waals surface area (Å²) in [7, 11) is -3.96. The van der Waals surface area contributed by atoms with Crippen LogP contribution in [0.4, 0.5) is 18.0 Å². The number of carbonyl (C=O) groups is 4. The van der Waals surface area contributed by atoms with E-state index in [9.17, 15) is 40.8 Å². The largest absolute Gasteiger partial charge is 0.471 e. The van der Waals surface area contributed by atoms with E-state index >= 15 is 0 Å². The average molecular weight is 819 g/mol. The molecule has 14 nitrogen and oxygen atoms in total. The highest BCUT2D eigenvalue weighted by molar-refractivity contribution is 7.91. The fourth-order valence-electron chi connectivity index (χ4n) is 7.09. The van der Waals surface area contributed by atoms with Crippen molar-refractivity contribution in [1.82, 2.24) is 30.2 Å². The van der Waals surface area contributed by atoms with Gasteiger partial charge in [-0.2, -0.15) is 13.2 Å². The molecule has 4 amide bonds. The molecule has 2 saturated carbocycles. The number of alkyl carbamates (subject to hydrolysis) is 1. The zero-order valence-electron chi connectivity index (χ0n) is 30.1. The second kappa shape index (κ2) is 16.0. The summed E-state index contributed by atoms with van der Waals surface area (Å²) in [6, 6.07) is 8.35. The van der Waals surface area contributed by atoms with Crippen LogP contribution < -0.4 is 20.1 Å². The number of halogens is 3. The van der Waals surface area contributed by atoms with Gasteiger partial charge in [0.05, 0.1) is 34.1 Å². The molecule has 1 saturated heterocycles. The SMILES string of the molecule is O=C(N[C@H]1CCCCC/C=C\C2C[C@@]2(C(=O)NS(=O)(=O)C2CC2)NC(=O)[C@@H]2C[C@@H](Oc3nc4ccccc4nc3-c3cccs3)CN2C1=O)OCCC(F)(F)F. The molecule has 1 aromatic carbocycles. The molecule has 2 aliphatic heterocycles. The van der Waals surface area contributed by atoms with Gasteiger partial charge >= 0.3 is 12.3 Å². The van der Waals surface area contributed by atoms with Crippen molar-refractivity contribution in [2.24, 2.45) is 5.92 Å². The molecule has 2 aliphatic carbocycles.